The van der Waals surface area contributed by atoms with Crippen LogP contribution in [0.2, 0.25) is 0 Å². The lowest BCUT2D eigenvalue weighted by Gasteiger charge is -2.14. The Bertz CT molecular complexity index is 966. The van der Waals surface area contributed by atoms with Crippen molar-refractivity contribution in [3.63, 3.8) is 0 Å². The van der Waals surface area contributed by atoms with Gasteiger partial charge in [0.15, 0.2) is 0 Å². The Kier molecular flexibility index (Phi) is 5.41. The van der Waals surface area contributed by atoms with Crippen LogP contribution in [0.15, 0.2) is 53.6 Å². The van der Waals surface area contributed by atoms with E-state index in [4.69, 9.17) is 0 Å². The first-order valence-corrected chi connectivity index (χ1v) is 8.75. The number of benzene rings is 1. The largest absolute Gasteiger partial charge is 0.352 e. The third-order valence-corrected chi connectivity index (χ3v) is 4.35. The van der Waals surface area contributed by atoms with E-state index in [1.807, 2.05) is 44.2 Å². The summed E-state index contributed by atoms with van der Waals surface area (Å²) < 4.78 is 1.26. The smallest absolute Gasteiger partial charge is 0.275 e. The molecule has 1 aromatic carbocycles. The Morgan fingerprint density at radius 1 is 1.19 bits per heavy atom. The lowest BCUT2D eigenvalue weighted by Crippen LogP contribution is -2.38. The van der Waals surface area contributed by atoms with E-state index in [0.717, 1.165) is 23.1 Å². The van der Waals surface area contributed by atoms with Gasteiger partial charge >= 0.3 is 0 Å². The molecule has 0 fully saturated rings. The maximum atomic E-state index is 12.7. The lowest BCUT2D eigenvalue weighted by atomic mass is 10.1. The van der Waals surface area contributed by atoms with Crippen molar-refractivity contribution < 1.29 is 4.79 Å². The van der Waals surface area contributed by atoms with Crippen LogP contribution < -0.4 is 10.9 Å². The molecule has 0 aliphatic carbocycles. The number of fused-ring (bicyclic) bond motifs is 1. The molecule has 0 saturated carbocycles. The molecule has 26 heavy (non-hydrogen) atoms. The summed E-state index contributed by atoms with van der Waals surface area (Å²) in [6, 6.07) is 11.3. The molecular weight excluding hydrogens is 328 g/mol. The fourth-order valence-electron chi connectivity index (χ4n) is 2.80. The number of aromatic nitrogens is 3. The van der Waals surface area contributed by atoms with Crippen LogP contribution >= 0.6 is 0 Å². The van der Waals surface area contributed by atoms with E-state index in [9.17, 15) is 9.59 Å². The molecule has 0 spiro atoms. The maximum Gasteiger partial charge on any atom is 0.275 e. The van der Waals surface area contributed by atoms with Gasteiger partial charge < -0.3 is 5.32 Å². The number of hydrogen-bond acceptors (Lipinski definition) is 4. The Morgan fingerprint density at radius 3 is 2.65 bits per heavy atom. The van der Waals surface area contributed by atoms with Crippen molar-refractivity contribution in [1.29, 1.82) is 0 Å². The van der Waals surface area contributed by atoms with Gasteiger partial charge in [0, 0.05) is 30.2 Å². The topological polar surface area (TPSA) is 76.9 Å². The van der Waals surface area contributed by atoms with E-state index < -0.39 is 0 Å². The van der Waals surface area contributed by atoms with E-state index in [-0.39, 0.29) is 24.1 Å². The molecule has 1 amide bonds. The van der Waals surface area contributed by atoms with Gasteiger partial charge in [-0.2, -0.15) is 5.10 Å². The average molecular weight is 350 g/mol. The van der Waals surface area contributed by atoms with E-state index >= 15 is 0 Å². The summed E-state index contributed by atoms with van der Waals surface area (Å²) in [6.07, 6.45) is 4.87. The average Bonchev–Trinajstić information content (AvgIpc) is 2.66. The number of nitrogens with one attached hydrogen (secondary N) is 1. The number of pyridine rings is 1. The van der Waals surface area contributed by atoms with Gasteiger partial charge in [0.25, 0.3) is 5.56 Å². The highest BCUT2D eigenvalue weighted by Gasteiger charge is 2.14. The number of hydrogen-bond donors (Lipinski definition) is 1. The van der Waals surface area contributed by atoms with Crippen molar-refractivity contribution in [2.45, 2.75) is 39.3 Å². The maximum absolute atomic E-state index is 12.7. The third-order valence-electron chi connectivity index (χ3n) is 4.35. The molecule has 1 N–H and O–H groups in total. The summed E-state index contributed by atoms with van der Waals surface area (Å²) in [7, 11) is 0. The van der Waals surface area contributed by atoms with Gasteiger partial charge in [0.1, 0.15) is 6.54 Å². The van der Waals surface area contributed by atoms with Gasteiger partial charge in [-0.25, -0.2) is 4.68 Å². The van der Waals surface area contributed by atoms with Crippen molar-refractivity contribution in [1.82, 2.24) is 20.1 Å². The van der Waals surface area contributed by atoms with E-state index in [1.165, 1.54) is 4.68 Å². The van der Waals surface area contributed by atoms with Crippen LogP contribution in [0.3, 0.4) is 0 Å². The molecule has 3 aromatic rings. The molecule has 6 heteroatoms. The number of carbonyl (C=O) groups excluding carboxylic acids is 1. The van der Waals surface area contributed by atoms with Crippen LogP contribution in [0, 0.1) is 0 Å². The SMILES string of the molecule is CCC(C)NC(=O)Cn1nc(Cc2cccnc2)c2ccccc2c1=O. The molecule has 3 rings (SSSR count). The number of carbonyl (C=O) groups is 1. The molecule has 0 saturated heterocycles. The number of rotatable bonds is 6. The van der Waals surface area contributed by atoms with Crippen LogP contribution in [0.5, 0.6) is 0 Å². The molecule has 134 valence electrons. The predicted molar refractivity (Wildman–Crippen MR) is 101 cm³/mol. The van der Waals surface area contributed by atoms with Gasteiger partial charge in [0.05, 0.1) is 11.1 Å². The van der Waals surface area contributed by atoms with Crippen LogP contribution in [-0.4, -0.2) is 26.7 Å². The van der Waals surface area contributed by atoms with Crippen molar-refractivity contribution in [2.75, 3.05) is 0 Å². The highest BCUT2D eigenvalue weighted by molar-refractivity contribution is 5.84. The Morgan fingerprint density at radius 2 is 1.96 bits per heavy atom. The highest BCUT2D eigenvalue weighted by Crippen LogP contribution is 2.16. The van der Waals surface area contributed by atoms with Gasteiger partial charge in [0.2, 0.25) is 5.91 Å². The van der Waals surface area contributed by atoms with Gasteiger partial charge in [-0.3, -0.25) is 14.6 Å². The van der Waals surface area contributed by atoms with Crippen molar-refractivity contribution >= 4 is 16.7 Å². The summed E-state index contributed by atoms with van der Waals surface area (Å²) in [5.74, 6) is -0.212. The summed E-state index contributed by atoms with van der Waals surface area (Å²) in [6.45, 7) is 3.84. The fourth-order valence-corrected chi connectivity index (χ4v) is 2.80. The van der Waals surface area contributed by atoms with Crippen molar-refractivity contribution in [3.8, 4) is 0 Å². The summed E-state index contributed by atoms with van der Waals surface area (Å²) >= 11 is 0. The minimum absolute atomic E-state index is 0.0634. The standard InChI is InChI=1S/C20H22N4O2/c1-3-14(2)22-19(25)13-24-20(26)17-9-5-4-8-16(17)18(23-24)11-15-7-6-10-21-12-15/h4-10,12,14H,3,11,13H2,1-2H3,(H,22,25). The molecule has 2 aromatic heterocycles. The molecule has 0 aliphatic rings. The lowest BCUT2D eigenvalue weighted by molar-refractivity contribution is -0.122. The number of amides is 1. The molecule has 1 unspecified atom stereocenters. The zero-order valence-electron chi connectivity index (χ0n) is 15.0. The van der Waals surface area contributed by atoms with Crippen LogP contribution in [0.4, 0.5) is 0 Å². The summed E-state index contributed by atoms with van der Waals surface area (Å²) in [4.78, 5) is 29.1. The zero-order valence-corrected chi connectivity index (χ0v) is 15.0. The van der Waals surface area contributed by atoms with Crippen molar-refractivity contribution in [2.24, 2.45) is 0 Å². The molecule has 1 atom stereocenters. The van der Waals surface area contributed by atoms with E-state index in [0.29, 0.717) is 11.8 Å². The highest BCUT2D eigenvalue weighted by atomic mass is 16.2. The minimum atomic E-state index is -0.255. The third kappa shape index (κ3) is 3.96. The van der Waals surface area contributed by atoms with E-state index in [1.54, 1.807) is 18.5 Å². The second-order valence-electron chi connectivity index (χ2n) is 6.37. The Balaban J connectivity index is 2.00. The first kappa shape index (κ1) is 17.8. The first-order valence-electron chi connectivity index (χ1n) is 8.75. The Labute approximate surface area is 151 Å². The molecule has 6 nitrogen and oxygen atoms in total. The first-order chi connectivity index (χ1) is 12.6. The number of nitrogens with zero attached hydrogens (tertiary/aromatic N) is 3. The molecule has 0 aliphatic heterocycles. The molecular formula is C20H22N4O2. The summed E-state index contributed by atoms with van der Waals surface area (Å²) in [5, 5.41) is 8.73. The van der Waals surface area contributed by atoms with Crippen molar-refractivity contribution in [3.05, 3.63) is 70.4 Å². The van der Waals surface area contributed by atoms with Gasteiger partial charge in [-0.1, -0.05) is 31.2 Å². The van der Waals surface area contributed by atoms with Gasteiger partial charge in [-0.05, 0) is 31.0 Å². The normalized spacial score (nSPS) is 12.1. The quantitative estimate of drug-likeness (QED) is 0.740. The van der Waals surface area contributed by atoms with Crippen LogP contribution in [-0.2, 0) is 17.8 Å². The van der Waals surface area contributed by atoms with Crippen LogP contribution in [0.1, 0.15) is 31.5 Å². The minimum Gasteiger partial charge on any atom is -0.352 e. The van der Waals surface area contributed by atoms with Crippen LogP contribution in [0.25, 0.3) is 10.8 Å². The second-order valence-corrected chi connectivity index (χ2v) is 6.37. The second kappa shape index (κ2) is 7.91. The molecule has 0 radical (unpaired) electrons. The Hall–Kier alpha value is -3.02. The van der Waals surface area contributed by atoms with E-state index in [2.05, 4.69) is 15.4 Å². The zero-order chi connectivity index (χ0) is 18.5. The molecule has 2 heterocycles. The molecule has 0 bridgehead atoms. The monoisotopic (exact) mass is 350 g/mol. The summed E-state index contributed by atoms with van der Waals surface area (Å²) in [5.41, 5.74) is 1.50. The van der Waals surface area contributed by atoms with Gasteiger partial charge in [-0.15, -0.1) is 0 Å². The fraction of sp³-hybridized carbons (Fsp3) is 0.300. The predicted octanol–water partition coefficient (Wildman–Crippen LogP) is 2.30.